The first-order valence-electron chi connectivity index (χ1n) is 7.72. The van der Waals surface area contributed by atoms with Crippen molar-refractivity contribution >= 4 is 21.7 Å². The summed E-state index contributed by atoms with van der Waals surface area (Å²) < 4.78 is 23.0. The van der Waals surface area contributed by atoms with Crippen molar-refractivity contribution in [2.45, 2.75) is 37.1 Å². The van der Waals surface area contributed by atoms with Crippen LogP contribution in [0.25, 0.3) is 0 Å². The van der Waals surface area contributed by atoms with Crippen molar-refractivity contribution in [1.29, 1.82) is 0 Å². The Labute approximate surface area is 136 Å². The molecule has 7 heteroatoms. The lowest BCUT2D eigenvalue weighted by molar-refractivity contribution is -0.145. The number of nitrogens with zero attached hydrogens (tertiary/aromatic N) is 1. The molecule has 0 bridgehead atoms. The minimum atomic E-state index is -3.25. The molecule has 0 aliphatic carbocycles. The highest BCUT2D eigenvalue weighted by Crippen LogP contribution is 2.19. The van der Waals surface area contributed by atoms with Gasteiger partial charge >= 0.3 is 11.8 Å². The summed E-state index contributed by atoms with van der Waals surface area (Å²) >= 11 is 0. The second-order valence-electron chi connectivity index (χ2n) is 5.77. The fourth-order valence-electron chi connectivity index (χ4n) is 2.65. The predicted octanol–water partition coefficient (Wildman–Crippen LogP) is 1.28. The molecular weight excluding hydrogens is 316 g/mol. The van der Waals surface area contributed by atoms with Crippen LogP contribution in [0.15, 0.2) is 29.2 Å². The number of hydrogen-bond acceptors (Lipinski definition) is 4. The number of amides is 2. The molecule has 6 nitrogen and oxygen atoms in total. The van der Waals surface area contributed by atoms with Crippen molar-refractivity contribution in [3.63, 3.8) is 0 Å². The van der Waals surface area contributed by atoms with Gasteiger partial charge in [0, 0.05) is 19.3 Å². The first-order chi connectivity index (χ1) is 10.8. The van der Waals surface area contributed by atoms with E-state index in [0.29, 0.717) is 19.5 Å². The van der Waals surface area contributed by atoms with E-state index >= 15 is 0 Å². The maximum absolute atomic E-state index is 12.1. The van der Waals surface area contributed by atoms with Gasteiger partial charge in [0.15, 0.2) is 9.84 Å². The molecule has 2 amide bonds. The monoisotopic (exact) mass is 338 g/mol. The zero-order valence-corrected chi connectivity index (χ0v) is 14.2. The summed E-state index contributed by atoms with van der Waals surface area (Å²) in [6.45, 7) is 3.16. The average molecular weight is 338 g/mol. The summed E-state index contributed by atoms with van der Waals surface area (Å²) in [6, 6.07) is 6.06. The Bertz CT molecular complexity index is 677. The van der Waals surface area contributed by atoms with Crippen molar-refractivity contribution in [3.8, 4) is 0 Å². The largest absolute Gasteiger partial charge is 0.341 e. The van der Waals surface area contributed by atoms with E-state index in [1.54, 1.807) is 17.0 Å². The smallest absolute Gasteiger partial charge is 0.311 e. The minimum absolute atomic E-state index is 0.232. The molecule has 2 rings (SSSR count). The molecule has 1 heterocycles. The van der Waals surface area contributed by atoms with Crippen LogP contribution in [0.3, 0.4) is 0 Å². The fourth-order valence-corrected chi connectivity index (χ4v) is 3.28. The van der Waals surface area contributed by atoms with E-state index in [9.17, 15) is 18.0 Å². The molecule has 1 fully saturated rings. The van der Waals surface area contributed by atoms with Crippen molar-refractivity contribution in [3.05, 3.63) is 29.8 Å². The molecule has 0 spiro atoms. The van der Waals surface area contributed by atoms with E-state index in [2.05, 4.69) is 5.32 Å². The fraction of sp³-hybridized carbons (Fsp3) is 0.500. The van der Waals surface area contributed by atoms with Crippen molar-refractivity contribution in [1.82, 2.24) is 10.2 Å². The molecule has 0 aromatic heterocycles. The van der Waals surface area contributed by atoms with Crippen LogP contribution in [-0.4, -0.2) is 44.5 Å². The van der Waals surface area contributed by atoms with E-state index in [1.165, 1.54) is 12.1 Å². The highest BCUT2D eigenvalue weighted by atomic mass is 32.2. The summed E-state index contributed by atoms with van der Waals surface area (Å²) in [5.41, 5.74) is 0.780. The summed E-state index contributed by atoms with van der Waals surface area (Å²) in [6.07, 6.45) is 3.62. The second-order valence-corrected chi connectivity index (χ2v) is 7.79. The third kappa shape index (κ3) is 4.31. The van der Waals surface area contributed by atoms with Gasteiger partial charge in [-0.1, -0.05) is 19.1 Å². The minimum Gasteiger partial charge on any atom is -0.341 e. The number of nitrogens with one attached hydrogen (secondary N) is 1. The lowest BCUT2D eigenvalue weighted by Gasteiger charge is -2.20. The van der Waals surface area contributed by atoms with Gasteiger partial charge in [-0.25, -0.2) is 8.42 Å². The normalized spacial score (nSPS) is 16.2. The molecule has 0 saturated carbocycles. The SMILES string of the molecule is CC[C@H](NC(=O)C(=O)N1CCCC1)c1ccc(S(C)(=O)=O)cc1. The molecule has 1 aromatic carbocycles. The Morgan fingerprint density at radius 3 is 2.22 bits per heavy atom. The maximum atomic E-state index is 12.1. The number of carbonyl (C=O) groups is 2. The van der Waals surface area contributed by atoms with Crippen LogP contribution in [-0.2, 0) is 19.4 Å². The number of benzene rings is 1. The molecule has 1 atom stereocenters. The molecule has 0 radical (unpaired) electrons. The van der Waals surface area contributed by atoms with Crippen LogP contribution < -0.4 is 5.32 Å². The number of hydrogen-bond donors (Lipinski definition) is 1. The van der Waals surface area contributed by atoms with Crippen LogP contribution in [0.4, 0.5) is 0 Å². The summed E-state index contributed by atoms with van der Waals surface area (Å²) in [7, 11) is -3.25. The van der Waals surface area contributed by atoms with Gasteiger partial charge in [-0.15, -0.1) is 0 Å². The zero-order valence-electron chi connectivity index (χ0n) is 13.4. The third-order valence-electron chi connectivity index (χ3n) is 4.01. The van der Waals surface area contributed by atoms with Crippen molar-refractivity contribution in [2.75, 3.05) is 19.3 Å². The van der Waals surface area contributed by atoms with E-state index in [-0.39, 0.29) is 10.9 Å². The van der Waals surface area contributed by atoms with Gasteiger partial charge < -0.3 is 10.2 Å². The molecule has 1 aliphatic rings. The zero-order chi connectivity index (χ0) is 17.0. The molecule has 23 heavy (non-hydrogen) atoms. The number of likely N-dealkylation sites (tertiary alicyclic amines) is 1. The molecule has 1 N–H and O–H groups in total. The lowest BCUT2D eigenvalue weighted by Crippen LogP contribution is -2.42. The highest BCUT2D eigenvalue weighted by molar-refractivity contribution is 7.90. The average Bonchev–Trinajstić information content (AvgIpc) is 3.05. The van der Waals surface area contributed by atoms with Crippen LogP contribution in [0.2, 0.25) is 0 Å². The highest BCUT2D eigenvalue weighted by Gasteiger charge is 2.26. The third-order valence-corrected chi connectivity index (χ3v) is 5.14. The number of rotatable bonds is 4. The molecule has 126 valence electrons. The molecule has 1 aromatic rings. The Morgan fingerprint density at radius 2 is 1.74 bits per heavy atom. The van der Waals surface area contributed by atoms with Gasteiger partial charge in [0.25, 0.3) is 0 Å². The van der Waals surface area contributed by atoms with E-state index in [0.717, 1.165) is 24.7 Å². The Balaban J connectivity index is 2.07. The van der Waals surface area contributed by atoms with Crippen molar-refractivity contribution < 1.29 is 18.0 Å². The topological polar surface area (TPSA) is 83.6 Å². The van der Waals surface area contributed by atoms with Gasteiger partial charge in [-0.2, -0.15) is 0 Å². The maximum Gasteiger partial charge on any atom is 0.311 e. The molecule has 0 unspecified atom stereocenters. The van der Waals surface area contributed by atoms with E-state index in [4.69, 9.17) is 0 Å². The molecule has 1 aliphatic heterocycles. The summed E-state index contributed by atoms with van der Waals surface area (Å²) in [4.78, 5) is 25.9. The van der Waals surface area contributed by atoms with Crippen molar-refractivity contribution in [2.24, 2.45) is 0 Å². The van der Waals surface area contributed by atoms with Gasteiger partial charge in [0.2, 0.25) is 0 Å². The van der Waals surface area contributed by atoms with Gasteiger partial charge in [0.05, 0.1) is 10.9 Å². The summed E-state index contributed by atoms with van der Waals surface area (Å²) in [5, 5.41) is 2.74. The van der Waals surface area contributed by atoms with E-state index in [1.807, 2.05) is 6.92 Å². The molecule has 1 saturated heterocycles. The predicted molar refractivity (Wildman–Crippen MR) is 86.5 cm³/mol. The Morgan fingerprint density at radius 1 is 1.17 bits per heavy atom. The quantitative estimate of drug-likeness (QED) is 0.838. The lowest BCUT2D eigenvalue weighted by atomic mass is 10.0. The Kier molecular flexibility index (Phi) is 5.41. The van der Waals surface area contributed by atoms with E-state index < -0.39 is 21.7 Å². The van der Waals surface area contributed by atoms with Crippen LogP contribution >= 0.6 is 0 Å². The van der Waals surface area contributed by atoms with Crippen LogP contribution in [0.1, 0.15) is 37.8 Å². The number of carbonyl (C=O) groups excluding carboxylic acids is 2. The van der Waals surface area contributed by atoms with Gasteiger partial charge in [-0.3, -0.25) is 9.59 Å². The van der Waals surface area contributed by atoms with Gasteiger partial charge in [-0.05, 0) is 37.0 Å². The number of sulfone groups is 1. The Hall–Kier alpha value is -1.89. The van der Waals surface area contributed by atoms with Crippen LogP contribution in [0, 0.1) is 0 Å². The van der Waals surface area contributed by atoms with Gasteiger partial charge in [0.1, 0.15) is 0 Å². The second kappa shape index (κ2) is 7.12. The standard InChI is InChI=1S/C16H22N2O4S/c1-3-14(12-6-8-13(9-7-12)23(2,21)22)17-15(19)16(20)18-10-4-5-11-18/h6-9,14H,3-5,10-11H2,1-2H3,(H,17,19)/t14-/m0/s1. The first-order valence-corrected chi connectivity index (χ1v) is 9.62. The molecular formula is C16H22N2O4S. The van der Waals surface area contributed by atoms with Crippen LogP contribution in [0.5, 0.6) is 0 Å². The first kappa shape index (κ1) is 17.5. The summed E-state index contributed by atoms with van der Waals surface area (Å²) in [5.74, 6) is -1.10.